The van der Waals surface area contributed by atoms with Crippen molar-refractivity contribution in [2.24, 2.45) is 0 Å². The van der Waals surface area contributed by atoms with E-state index in [0.717, 1.165) is 40.1 Å². The summed E-state index contributed by atoms with van der Waals surface area (Å²) in [5.74, 6) is 0.602. The molecule has 0 unspecified atom stereocenters. The lowest BCUT2D eigenvalue weighted by molar-refractivity contribution is 0.186. The van der Waals surface area contributed by atoms with Gasteiger partial charge < -0.3 is 14.3 Å². The molecule has 0 aliphatic heterocycles. The van der Waals surface area contributed by atoms with Crippen LogP contribution < -0.4 is 0 Å². The molecule has 0 aliphatic rings. The first-order valence-electron chi connectivity index (χ1n) is 8.27. The molecule has 0 radical (unpaired) electrons. The summed E-state index contributed by atoms with van der Waals surface area (Å²) in [5, 5.41) is 9.62. The first-order valence-corrected chi connectivity index (χ1v) is 8.27. The number of fused-ring (bicyclic) bond motifs is 1. The van der Waals surface area contributed by atoms with Crippen LogP contribution in [0.15, 0.2) is 24.3 Å². The maximum atomic E-state index is 9.62. The van der Waals surface area contributed by atoms with Gasteiger partial charge in [0, 0.05) is 25.0 Å². The van der Waals surface area contributed by atoms with Gasteiger partial charge in [-0.3, -0.25) is 0 Å². The van der Waals surface area contributed by atoms with E-state index < -0.39 is 0 Å². The van der Waals surface area contributed by atoms with Crippen molar-refractivity contribution in [3.63, 3.8) is 0 Å². The molecule has 0 saturated carbocycles. The second-order valence-electron chi connectivity index (χ2n) is 6.25. The average Bonchev–Trinajstić information content (AvgIpc) is 3.11. The third-order valence-corrected chi connectivity index (χ3v) is 4.44. The number of imidazole rings is 1. The molecule has 0 amide bonds. The molecule has 1 aromatic carbocycles. The summed E-state index contributed by atoms with van der Waals surface area (Å²) < 4.78 is 7.38. The smallest absolute Gasteiger partial charge is 0.149 e. The number of allylic oxidation sites excluding steroid dienone is 1. The van der Waals surface area contributed by atoms with E-state index in [9.17, 15) is 5.26 Å². The number of methoxy groups -OCH3 is 1. The zero-order valence-corrected chi connectivity index (χ0v) is 15.1. The molecule has 3 rings (SSSR count). The SMILES string of the molecule is COCCn1c(C)cc(C=C(C#N)c2nc3ccc(C)cc3[nH]2)c1C. The zero-order chi connectivity index (χ0) is 18.0. The van der Waals surface area contributed by atoms with E-state index in [-0.39, 0.29) is 0 Å². The van der Waals surface area contributed by atoms with Crippen molar-refractivity contribution in [1.29, 1.82) is 5.26 Å². The Morgan fingerprint density at radius 3 is 2.84 bits per heavy atom. The van der Waals surface area contributed by atoms with Gasteiger partial charge in [0.2, 0.25) is 0 Å². The molecular formula is C20H22N4O. The summed E-state index contributed by atoms with van der Waals surface area (Å²) in [6.07, 6.45) is 1.90. The van der Waals surface area contributed by atoms with Gasteiger partial charge in [-0.15, -0.1) is 0 Å². The maximum Gasteiger partial charge on any atom is 0.149 e. The minimum atomic E-state index is 0.529. The second-order valence-corrected chi connectivity index (χ2v) is 6.25. The third-order valence-electron chi connectivity index (χ3n) is 4.44. The van der Waals surface area contributed by atoms with Gasteiger partial charge in [-0.25, -0.2) is 4.98 Å². The lowest BCUT2D eigenvalue weighted by Crippen LogP contribution is -2.07. The molecule has 0 aliphatic carbocycles. The molecule has 2 aromatic heterocycles. The van der Waals surface area contributed by atoms with Crippen molar-refractivity contribution in [3.05, 3.63) is 52.6 Å². The van der Waals surface area contributed by atoms with Gasteiger partial charge in [0.15, 0.2) is 0 Å². The van der Waals surface area contributed by atoms with Crippen molar-refractivity contribution in [2.45, 2.75) is 27.3 Å². The highest BCUT2D eigenvalue weighted by atomic mass is 16.5. The molecule has 2 heterocycles. The molecule has 5 nitrogen and oxygen atoms in total. The highest BCUT2D eigenvalue weighted by molar-refractivity contribution is 5.90. The van der Waals surface area contributed by atoms with Crippen molar-refractivity contribution in [2.75, 3.05) is 13.7 Å². The molecule has 0 bridgehead atoms. The second kappa shape index (κ2) is 6.96. The molecular weight excluding hydrogens is 312 g/mol. The van der Waals surface area contributed by atoms with Crippen molar-refractivity contribution < 1.29 is 4.74 Å². The van der Waals surface area contributed by atoms with E-state index in [1.165, 1.54) is 0 Å². The number of nitriles is 1. The van der Waals surface area contributed by atoms with E-state index >= 15 is 0 Å². The summed E-state index contributed by atoms with van der Waals surface area (Å²) in [7, 11) is 1.70. The van der Waals surface area contributed by atoms with Gasteiger partial charge in [0.1, 0.15) is 11.9 Å². The van der Waals surface area contributed by atoms with Crippen LogP contribution in [0.1, 0.15) is 28.3 Å². The van der Waals surface area contributed by atoms with Crippen LogP contribution in [0.5, 0.6) is 0 Å². The molecule has 3 aromatic rings. The Morgan fingerprint density at radius 2 is 2.12 bits per heavy atom. The van der Waals surface area contributed by atoms with Crippen LogP contribution in [0, 0.1) is 32.1 Å². The normalized spacial score (nSPS) is 11.9. The van der Waals surface area contributed by atoms with E-state index in [1.54, 1.807) is 7.11 Å². The van der Waals surface area contributed by atoms with Crippen molar-refractivity contribution in [1.82, 2.24) is 14.5 Å². The average molecular weight is 334 g/mol. The van der Waals surface area contributed by atoms with Gasteiger partial charge in [-0.05, 0) is 56.2 Å². The van der Waals surface area contributed by atoms with E-state index in [1.807, 2.05) is 31.2 Å². The van der Waals surface area contributed by atoms with Crippen molar-refractivity contribution >= 4 is 22.7 Å². The summed E-state index contributed by atoms with van der Waals surface area (Å²) in [6, 6.07) is 10.4. The highest BCUT2D eigenvalue weighted by Gasteiger charge is 2.12. The number of aromatic nitrogens is 3. The van der Waals surface area contributed by atoms with Crippen LogP contribution >= 0.6 is 0 Å². The highest BCUT2D eigenvalue weighted by Crippen LogP contribution is 2.23. The number of aryl methyl sites for hydroxylation is 2. The summed E-state index contributed by atoms with van der Waals surface area (Å²) >= 11 is 0. The quantitative estimate of drug-likeness (QED) is 0.717. The molecule has 0 atom stereocenters. The summed E-state index contributed by atoms with van der Waals surface area (Å²) in [6.45, 7) is 7.62. The number of hydrogen-bond donors (Lipinski definition) is 1. The number of hydrogen-bond acceptors (Lipinski definition) is 3. The standard InChI is InChI=1S/C20H22N4O/c1-13-5-6-18-19(9-13)23-20(22-18)17(12-21)11-16-10-14(2)24(15(16)3)7-8-25-4/h5-6,9-11H,7-8H2,1-4H3,(H,22,23). The fourth-order valence-electron chi connectivity index (χ4n) is 3.06. The van der Waals surface area contributed by atoms with E-state index in [0.29, 0.717) is 18.0 Å². The number of nitrogens with one attached hydrogen (secondary N) is 1. The molecule has 1 N–H and O–H groups in total. The van der Waals surface area contributed by atoms with Gasteiger partial charge in [0.25, 0.3) is 0 Å². The topological polar surface area (TPSA) is 66.6 Å². The van der Waals surface area contributed by atoms with Gasteiger partial charge in [0.05, 0.1) is 23.2 Å². The lowest BCUT2D eigenvalue weighted by atomic mass is 10.1. The van der Waals surface area contributed by atoms with Crippen LogP contribution in [0.25, 0.3) is 22.7 Å². The summed E-state index contributed by atoms with van der Waals surface area (Å²) in [5.41, 5.74) is 6.80. The van der Waals surface area contributed by atoms with Crippen LogP contribution in [0.4, 0.5) is 0 Å². The van der Waals surface area contributed by atoms with Crippen molar-refractivity contribution in [3.8, 4) is 6.07 Å². The molecule has 0 saturated heterocycles. The largest absolute Gasteiger partial charge is 0.383 e. The molecule has 0 spiro atoms. The van der Waals surface area contributed by atoms with Crippen LogP contribution in [-0.4, -0.2) is 28.3 Å². The Kier molecular flexibility index (Phi) is 4.73. The number of H-pyrrole nitrogens is 1. The first-order chi connectivity index (χ1) is 12.0. The molecule has 25 heavy (non-hydrogen) atoms. The molecule has 0 fully saturated rings. The van der Waals surface area contributed by atoms with Gasteiger partial charge in [-0.2, -0.15) is 5.26 Å². The number of rotatable bonds is 5. The maximum absolute atomic E-state index is 9.62. The molecule has 5 heteroatoms. The number of aromatic amines is 1. The Morgan fingerprint density at radius 1 is 1.32 bits per heavy atom. The fourth-order valence-corrected chi connectivity index (χ4v) is 3.06. The molecule has 128 valence electrons. The fraction of sp³-hybridized carbons (Fsp3) is 0.300. The predicted molar refractivity (Wildman–Crippen MR) is 100 cm³/mol. The van der Waals surface area contributed by atoms with Gasteiger partial charge in [-0.1, -0.05) is 6.07 Å². The Hall–Kier alpha value is -2.84. The summed E-state index contributed by atoms with van der Waals surface area (Å²) in [4.78, 5) is 7.81. The van der Waals surface area contributed by atoms with Crippen LogP contribution in [-0.2, 0) is 11.3 Å². The third kappa shape index (κ3) is 3.35. The van der Waals surface area contributed by atoms with Crippen LogP contribution in [0.2, 0.25) is 0 Å². The predicted octanol–water partition coefficient (Wildman–Crippen LogP) is 4.00. The Bertz CT molecular complexity index is 985. The van der Waals surface area contributed by atoms with E-state index in [2.05, 4.69) is 40.5 Å². The number of nitrogens with zero attached hydrogens (tertiary/aromatic N) is 3. The number of ether oxygens (including phenoxy) is 1. The van der Waals surface area contributed by atoms with Crippen LogP contribution in [0.3, 0.4) is 0 Å². The monoisotopic (exact) mass is 334 g/mol. The first kappa shape index (κ1) is 17.0. The van der Waals surface area contributed by atoms with Gasteiger partial charge >= 0.3 is 0 Å². The van der Waals surface area contributed by atoms with E-state index in [4.69, 9.17) is 4.74 Å². The Labute approximate surface area is 147 Å². The minimum absolute atomic E-state index is 0.529. The minimum Gasteiger partial charge on any atom is -0.383 e. The Balaban J connectivity index is 2.01. The lowest BCUT2D eigenvalue weighted by Gasteiger charge is -2.08. The number of benzene rings is 1. The zero-order valence-electron chi connectivity index (χ0n) is 15.1.